The third-order valence-electron chi connectivity index (χ3n) is 4.07. The van der Waals surface area contributed by atoms with Crippen molar-refractivity contribution in [2.24, 2.45) is 0 Å². The molecule has 0 unspecified atom stereocenters. The Morgan fingerprint density at radius 2 is 1.87 bits per heavy atom. The van der Waals surface area contributed by atoms with Gasteiger partial charge in [0.05, 0.1) is 12.3 Å². The molecule has 2 aromatic rings. The summed E-state index contributed by atoms with van der Waals surface area (Å²) < 4.78 is 12.2. The molecule has 2 aromatic carbocycles. The number of hydrogen-bond donors (Lipinski definition) is 1. The fourth-order valence-corrected chi connectivity index (χ4v) is 3.50. The van der Waals surface area contributed by atoms with E-state index in [2.05, 4.69) is 21.4 Å². The summed E-state index contributed by atoms with van der Waals surface area (Å²) in [4.78, 5) is 25.3. The lowest BCUT2D eigenvalue weighted by Gasteiger charge is -2.25. The summed E-state index contributed by atoms with van der Waals surface area (Å²) in [5.74, 6) is -0.131. The van der Waals surface area contributed by atoms with Gasteiger partial charge in [0.2, 0.25) is 0 Å². The Morgan fingerprint density at radius 3 is 2.47 bits per heavy atom. The zero-order valence-corrected chi connectivity index (χ0v) is 19.4. The number of ether oxygens (including phenoxy) is 2. The number of benzene rings is 2. The van der Waals surface area contributed by atoms with Crippen LogP contribution in [0.2, 0.25) is 5.02 Å². The first-order valence-corrected chi connectivity index (χ1v) is 10.6. The standard InChI is InChI=1S/C22H22BrClN2O4/c1-5-29-16-12-13(17(23)18(24)19(16)30-22(2,3)4)11-15-20(27)25-26(21(15)28)14-9-7-6-8-10-14/h6-12H,5H2,1-4H3,(H,25,27)/b15-11-. The lowest BCUT2D eigenvalue weighted by molar-refractivity contribution is -0.117. The summed E-state index contributed by atoms with van der Waals surface area (Å²) in [6.45, 7) is 7.96. The smallest absolute Gasteiger partial charge is 0.282 e. The molecule has 1 heterocycles. The lowest BCUT2D eigenvalue weighted by atomic mass is 10.1. The maximum Gasteiger partial charge on any atom is 0.282 e. The molecular weight excluding hydrogens is 472 g/mol. The maximum atomic E-state index is 12.9. The highest BCUT2D eigenvalue weighted by molar-refractivity contribution is 9.10. The zero-order valence-electron chi connectivity index (χ0n) is 17.1. The van der Waals surface area contributed by atoms with Crippen molar-refractivity contribution < 1.29 is 19.1 Å². The molecule has 30 heavy (non-hydrogen) atoms. The molecule has 0 spiro atoms. The molecule has 0 atom stereocenters. The van der Waals surface area contributed by atoms with Gasteiger partial charge in [-0.3, -0.25) is 15.0 Å². The van der Waals surface area contributed by atoms with Crippen molar-refractivity contribution in [2.75, 3.05) is 11.6 Å². The van der Waals surface area contributed by atoms with Crippen molar-refractivity contribution in [3.8, 4) is 11.5 Å². The van der Waals surface area contributed by atoms with Gasteiger partial charge in [0.1, 0.15) is 16.2 Å². The van der Waals surface area contributed by atoms with Gasteiger partial charge < -0.3 is 9.47 Å². The number of nitrogens with zero attached hydrogens (tertiary/aromatic N) is 1. The number of hydrazine groups is 1. The Bertz CT molecular complexity index is 1020. The van der Waals surface area contributed by atoms with Gasteiger partial charge >= 0.3 is 0 Å². The molecule has 1 aliphatic heterocycles. The Balaban J connectivity index is 2.04. The minimum absolute atomic E-state index is 0.0115. The number of para-hydroxylation sites is 1. The number of carbonyl (C=O) groups excluding carboxylic acids is 2. The molecule has 0 bridgehead atoms. The fraction of sp³-hybridized carbons (Fsp3) is 0.273. The number of anilines is 1. The van der Waals surface area contributed by atoms with Crippen LogP contribution in [0.5, 0.6) is 11.5 Å². The van der Waals surface area contributed by atoms with E-state index in [-0.39, 0.29) is 5.57 Å². The summed E-state index contributed by atoms with van der Waals surface area (Å²) in [6, 6.07) is 10.6. The Labute approximate surface area is 188 Å². The summed E-state index contributed by atoms with van der Waals surface area (Å²) in [5, 5.41) is 1.51. The molecule has 158 valence electrons. The van der Waals surface area contributed by atoms with Crippen LogP contribution in [0.25, 0.3) is 6.08 Å². The minimum Gasteiger partial charge on any atom is -0.490 e. The highest BCUT2D eigenvalue weighted by Gasteiger charge is 2.35. The molecule has 0 aromatic heterocycles. The summed E-state index contributed by atoms with van der Waals surface area (Å²) in [5.41, 5.74) is 3.17. The van der Waals surface area contributed by atoms with Gasteiger partial charge in [-0.2, -0.15) is 0 Å². The Kier molecular flexibility index (Phi) is 6.43. The number of nitrogens with one attached hydrogen (secondary N) is 1. The van der Waals surface area contributed by atoms with Crippen molar-refractivity contribution in [2.45, 2.75) is 33.3 Å². The molecule has 2 amide bonds. The van der Waals surface area contributed by atoms with E-state index in [0.717, 1.165) is 0 Å². The molecule has 8 heteroatoms. The SMILES string of the molecule is CCOc1cc(/C=C2/C(=O)NN(c3ccccc3)C2=O)c(Br)c(Cl)c1OC(C)(C)C. The largest absolute Gasteiger partial charge is 0.490 e. The number of rotatable bonds is 5. The third-order valence-corrected chi connectivity index (χ3v) is 5.51. The van der Waals surface area contributed by atoms with E-state index in [1.807, 2.05) is 33.8 Å². The van der Waals surface area contributed by atoms with E-state index in [1.165, 1.54) is 11.1 Å². The predicted molar refractivity (Wildman–Crippen MR) is 121 cm³/mol. The first kappa shape index (κ1) is 22.2. The number of carbonyl (C=O) groups is 2. The molecule has 6 nitrogen and oxygen atoms in total. The van der Waals surface area contributed by atoms with Crippen LogP contribution in [0.3, 0.4) is 0 Å². The average molecular weight is 494 g/mol. The van der Waals surface area contributed by atoms with E-state index in [9.17, 15) is 9.59 Å². The quantitative estimate of drug-likeness (QED) is 0.463. The van der Waals surface area contributed by atoms with Crippen molar-refractivity contribution in [1.82, 2.24) is 5.43 Å². The molecule has 0 saturated carbocycles. The average Bonchev–Trinajstić information content (AvgIpc) is 2.97. The van der Waals surface area contributed by atoms with Crippen LogP contribution < -0.4 is 19.9 Å². The van der Waals surface area contributed by atoms with Gasteiger partial charge in [-0.1, -0.05) is 29.8 Å². The van der Waals surface area contributed by atoms with Gasteiger partial charge in [-0.05, 0) is 73.5 Å². The summed E-state index contributed by atoms with van der Waals surface area (Å²) in [6.07, 6.45) is 1.49. The van der Waals surface area contributed by atoms with E-state index >= 15 is 0 Å². The number of hydrogen-bond acceptors (Lipinski definition) is 4. The van der Waals surface area contributed by atoms with Crippen molar-refractivity contribution in [3.05, 3.63) is 57.0 Å². The molecule has 0 radical (unpaired) electrons. The first-order valence-electron chi connectivity index (χ1n) is 9.38. The van der Waals surface area contributed by atoms with Crippen LogP contribution in [0, 0.1) is 0 Å². The zero-order chi connectivity index (χ0) is 22.1. The molecule has 3 rings (SSSR count). The van der Waals surface area contributed by atoms with Crippen LogP contribution in [0.1, 0.15) is 33.3 Å². The van der Waals surface area contributed by atoms with E-state index in [1.54, 1.807) is 30.3 Å². The van der Waals surface area contributed by atoms with E-state index < -0.39 is 17.4 Å². The van der Waals surface area contributed by atoms with E-state index in [0.29, 0.717) is 38.9 Å². The highest BCUT2D eigenvalue weighted by Crippen LogP contribution is 2.45. The number of amides is 2. The van der Waals surface area contributed by atoms with E-state index in [4.69, 9.17) is 21.1 Å². The predicted octanol–water partition coefficient (Wildman–Crippen LogP) is 5.14. The van der Waals surface area contributed by atoms with Gasteiger partial charge in [-0.15, -0.1) is 0 Å². The van der Waals surface area contributed by atoms with Crippen LogP contribution in [-0.2, 0) is 9.59 Å². The second kappa shape index (κ2) is 8.70. The molecular formula is C22H22BrClN2O4. The topological polar surface area (TPSA) is 67.9 Å². The summed E-state index contributed by atoms with van der Waals surface area (Å²) >= 11 is 10.0. The van der Waals surface area contributed by atoms with Gasteiger partial charge in [0.15, 0.2) is 11.5 Å². The normalized spacial score (nSPS) is 15.5. The van der Waals surface area contributed by atoms with Gasteiger partial charge in [0.25, 0.3) is 11.8 Å². The molecule has 1 fully saturated rings. The van der Waals surface area contributed by atoms with Crippen molar-refractivity contribution >= 4 is 51.1 Å². The van der Waals surface area contributed by atoms with Crippen LogP contribution in [-0.4, -0.2) is 24.0 Å². The fourth-order valence-electron chi connectivity index (χ4n) is 2.85. The monoisotopic (exact) mass is 492 g/mol. The first-order chi connectivity index (χ1) is 14.1. The molecule has 1 aliphatic rings. The van der Waals surface area contributed by atoms with Crippen LogP contribution in [0.4, 0.5) is 5.69 Å². The third kappa shape index (κ3) is 4.63. The maximum absolute atomic E-state index is 12.9. The molecule has 1 saturated heterocycles. The van der Waals surface area contributed by atoms with Crippen LogP contribution in [0.15, 0.2) is 46.4 Å². The van der Waals surface area contributed by atoms with Gasteiger partial charge in [0, 0.05) is 4.47 Å². The summed E-state index contributed by atoms with van der Waals surface area (Å²) in [7, 11) is 0. The minimum atomic E-state index is -0.500. The van der Waals surface area contributed by atoms with Gasteiger partial charge in [-0.25, -0.2) is 5.01 Å². The lowest BCUT2D eigenvalue weighted by Crippen LogP contribution is -2.35. The molecule has 0 aliphatic carbocycles. The second-order valence-corrected chi connectivity index (χ2v) is 8.71. The Hall–Kier alpha value is -2.51. The second-order valence-electron chi connectivity index (χ2n) is 7.54. The molecule has 1 N–H and O–H groups in total. The van der Waals surface area contributed by atoms with Crippen molar-refractivity contribution in [1.29, 1.82) is 0 Å². The highest BCUT2D eigenvalue weighted by atomic mass is 79.9. The van der Waals surface area contributed by atoms with Crippen LogP contribution >= 0.6 is 27.5 Å². The number of halogens is 2. The van der Waals surface area contributed by atoms with Crippen molar-refractivity contribution in [3.63, 3.8) is 0 Å². The Morgan fingerprint density at radius 1 is 1.20 bits per heavy atom.